The Morgan fingerprint density at radius 2 is 2.08 bits per heavy atom. The van der Waals surface area contributed by atoms with Crippen LogP contribution in [0.5, 0.6) is 0 Å². The molecule has 2 saturated heterocycles. The van der Waals surface area contributed by atoms with Gasteiger partial charge < -0.3 is 14.8 Å². The first-order valence-electron chi connectivity index (χ1n) is 9.47. The standard InChI is InChI=1S/C19H29N3O2/c1-2-17(13-20-7-1)21-12-16-3-4-18-19(16)24-11-8-22(18)14-15-5-9-23-10-6-15/h1-2,7,13,15-16,18-19,21H,3-6,8-12,14H2/t16-,18+,19+/m0/s1. The Morgan fingerprint density at radius 3 is 2.92 bits per heavy atom. The van der Waals surface area contributed by atoms with Crippen molar-refractivity contribution >= 4 is 5.69 Å². The van der Waals surface area contributed by atoms with Crippen molar-refractivity contribution in [3.05, 3.63) is 24.5 Å². The fourth-order valence-corrected chi connectivity index (χ4v) is 4.56. The number of nitrogens with zero attached hydrogens (tertiary/aromatic N) is 2. The number of morpholine rings is 1. The molecule has 1 N–H and O–H groups in total. The second kappa shape index (κ2) is 7.81. The van der Waals surface area contributed by atoms with Gasteiger partial charge in [-0.1, -0.05) is 0 Å². The minimum Gasteiger partial charge on any atom is -0.383 e. The molecule has 3 fully saturated rings. The molecule has 5 nitrogen and oxygen atoms in total. The van der Waals surface area contributed by atoms with Gasteiger partial charge in [-0.2, -0.15) is 0 Å². The Kier molecular flexibility index (Phi) is 5.30. The molecule has 132 valence electrons. The fourth-order valence-electron chi connectivity index (χ4n) is 4.56. The largest absolute Gasteiger partial charge is 0.383 e. The Morgan fingerprint density at radius 1 is 1.17 bits per heavy atom. The van der Waals surface area contributed by atoms with Gasteiger partial charge in [0.15, 0.2) is 0 Å². The third-order valence-corrected chi connectivity index (χ3v) is 5.90. The number of rotatable bonds is 5. The zero-order valence-corrected chi connectivity index (χ0v) is 14.4. The van der Waals surface area contributed by atoms with E-state index in [9.17, 15) is 0 Å². The van der Waals surface area contributed by atoms with E-state index < -0.39 is 0 Å². The van der Waals surface area contributed by atoms with E-state index in [4.69, 9.17) is 9.47 Å². The molecule has 24 heavy (non-hydrogen) atoms. The van der Waals surface area contributed by atoms with Crippen molar-refractivity contribution in [1.82, 2.24) is 9.88 Å². The summed E-state index contributed by atoms with van der Waals surface area (Å²) >= 11 is 0. The Balaban J connectivity index is 1.32. The molecule has 1 aromatic heterocycles. The van der Waals surface area contributed by atoms with Crippen molar-refractivity contribution in [2.75, 3.05) is 44.8 Å². The number of pyridine rings is 1. The average Bonchev–Trinajstić information content (AvgIpc) is 3.06. The molecule has 0 amide bonds. The van der Waals surface area contributed by atoms with Crippen LogP contribution in [0, 0.1) is 11.8 Å². The van der Waals surface area contributed by atoms with Crippen LogP contribution in [0.2, 0.25) is 0 Å². The van der Waals surface area contributed by atoms with Crippen molar-refractivity contribution < 1.29 is 9.47 Å². The van der Waals surface area contributed by atoms with E-state index in [0.29, 0.717) is 18.1 Å². The first kappa shape index (κ1) is 16.3. The first-order chi connectivity index (χ1) is 11.9. The molecule has 0 radical (unpaired) electrons. The van der Waals surface area contributed by atoms with Crippen molar-refractivity contribution in [2.24, 2.45) is 11.8 Å². The highest BCUT2D eigenvalue weighted by molar-refractivity contribution is 5.39. The zero-order valence-electron chi connectivity index (χ0n) is 14.4. The molecule has 3 heterocycles. The van der Waals surface area contributed by atoms with E-state index in [1.54, 1.807) is 0 Å². The van der Waals surface area contributed by atoms with Crippen LogP contribution in [0.4, 0.5) is 5.69 Å². The number of hydrogen-bond acceptors (Lipinski definition) is 5. The maximum Gasteiger partial charge on any atom is 0.0775 e. The molecule has 4 rings (SSSR count). The molecular weight excluding hydrogens is 302 g/mol. The summed E-state index contributed by atoms with van der Waals surface area (Å²) in [6.07, 6.45) is 9.07. The molecule has 1 aromatic rings. The number of aromatic nitrogens is 1. The lowest BCUT2D eigenvalue weighted by molar-refractivity contribution is -0.0797. The van der Waals surface area contributed by atoms with Crippen LogP contribution in [0.25, 0.3) is 0 Å². The summed E-state index contributed by atoms with van der Waals surface area (Å²) < 4.78 is 11.7. The fraction of sp³-hybridized carbons (Fsp3) is 0.737. The van der Waals surface area contributed by atoms with E-state index in [1.807, 2.05) is 18.5 Å². The van der Waals surface area contributed by atoms with Gasteiger partial charge in [0, 0.05) is 57.2 Å². The molecule has 5 heteroatoms. The Bertz CT molecular complexity index is 507. The molecule has 0 spiro atoms. The Labute approximate surface area is 144 Å². The van der Waals surface area contributed by atoms with Gasteiger partial charge in [0.2, 0.25) is 0 Å². The molecule has 3 atom stereocenters. The quantitative estimate of drug-likeness (QED) is 0.898. The van der Waals surface area contributed by atoms with E-state index in [2.05, 4.69) is 21.3 Å². The van der Waals surface area contributed by atoms with Crippen molar-refractivity contribution in [1.29, 1.82) is 0 Å². The van der Waals surface area contributed by atoms with Gasteiger partial charge in [0.1, 0.15) is 0 Å². The molecule has 0 unspecified atom stereocenters. The van der Waals surface area contributed by atoms with Crippen LogP contribution in [0.1, 0.15) is 25.7 Å². The van der Waals surface area contributed by atoms with Gasteiger partial charge in [-0.25, -0.2) is 0 Å². The topological polar surface area (TPSA) is 46.6 Å². The van der Waals surface area contributed by atoms with Crippen molar-refractivity contribution in [3.63, 3.8) is 0 Å². The SMILES string of the molecule is c1cncc(NC[C@@H]2CC[C@@H]3[C@@H]2OCCN3CC2CCOCC2)c1. The summed E-state index contributed by atoms with van der Waals surface area (Å²) in [5.41, 5.74) is 1.11. The lowest BCUT2D eigenvalue weighted by Gasteiger charge is -2.41. The number of ether oxygens (including phenoxy) is 2. The summed E-state index contributed by atoms with van der Waals surface area (Å²) in [6.45, 7) is 6.09. The molecule has 3 aliphatic rings. The summed E-state index contributed by atoms with van der Waals surface area (Å²) in [7, 11) is 0. The highest BCUT2D eigenvalue weighted by atomic mass is 16.5. The average molecular weight is 331 g/mol. The van der Waals surface area contributed by atoms with Crippen LogP contribution in [0.3, 0.4) is 0 Å². The van der Waals surface area contributed by atoms with Gasteiger partial charge in [0.05, 0.1) is 18.4 Å². The maximum atomic E-state index is 6.20. The lowest BCUT2D eigenvalue weighted by Crippen LogP contribution is -2.52. The summed E-state index contributed by atoms with van der Waals surface area (Å²) in [5, 5.41) is 3.54. The molecular formula is C19H29N3O2. The third kappa shape index (κ3) is 3.73. The maximum absolute atomic E-state index is 6.20. The molecule has 2 aliphatic heterocycles. The van der Waals surface area contributed by atoms with E-state index in [0.717, 1.165) is 44.5 Å². The predicted molar refractivity (Wildman–Crippen MR) is 94.1 cm³/mol. The highest BCUT2D eigenvalue weighted by Crippen LogP contribution is 2.35. The second-order valence-electron chi connectivity index (χ2n) is 7.41. The van der Waals surface area contributed by atoms with Crippen LogP contribution in [-0.2, 0) is 9.47 Å². The summed E-state index contributed by atoms with van der Waals surface area (Å²) in [5.74, 6) is 1.41. The molecule has 1 aliphatic carbocycles. The van der Waals surface area contributed by atoms with Crippen molar-refractivity contribution in [3.8, 4) is 0 Å². The molecule has 0 bridgehead atoms. The number of fused-ring (bicyclic) bond motifs is 1. The smallest absolute Gasteiger partial charge is 0.0775 e. The first-order valence-corrected chi connectivity index (χ1v) is 9.47. The van der Waals surface area contributed by atoms with Gasteiger partial charge in [0.25, 0.3) is 0 Å². The zero-order chi connectivity index (χ0) is 16.2. The van der Waals surface area contributed by atoms with Crippen molar-refractivity contribution in [2.45, 2.75) is 37.8 Å². The normalized spacial score (nSPS) is 31.8. The second-order valence-corrected chi connectivity index (χ2v) is 7.41. The predicted octanol–water partition coefficient (Wildman–Crippen LogP) is 2.40. The Hall–Kier alpha value is -1.17. The number of anilines is 1. The lowest BCUT2D eigenvalue weighted by atomic mass is 9.97. The molecule has 1 saturated carbocycles. The van der Waals surface area contributed by atoms with Crippen LogP contribution >= 0.6 is 0 Å². The van der Waals surface area contributed by atoms with Gasteiger partial charge in [-0.15, -0.1) is 0 Å². The molecule has 0 aromatic carbocycles. The highest BCUT2D eigenvalue weighted by Gasteiger charge is 2.42. The van der Waals surface area contributed by atoms with Crippen LogP contribution in [-0.4, -0.2) is 61.5 Å². The van der Waals surface area contributed by atoms with Crippen LogP contribution in [0.15, 0.2) is 24.5 Å². The minimum atomic E-state index is 0.391. The summed E-state index contributed by atoms with van der Waals surface area (Å²) in [4.78, 5) is 6.89. The third-order valence-electron chi connectivity index (χ3n) is 5.90. The summed E-state index contributed by atoms with van der Waals surface area (Å²) in [6, 6.07) is 4.67. The monoisotopic (exact) mass is 331 g/mol. The van der Waals surface area contributed by atoms with Gasteiger partial charge >= 0.3 is 0 Å². The van der Waals surface area contributed by atoms with Crippen LogP contribution < -0.4 is 5.32 Å². The van der Waals surface area contributed by atoms with Gasteiger partial charge in [-0.05, 0) is 43.7 Å². The minimum absolute atomic E-state index is 0.391. The van der Waals surface area contributed by atoms with Gasteiger partial charge in [-0.3, -0.25) is 9.88 Å². The number of hydrogen-bond donors (Lipinski definition) is 1. The van der Waals surface area contributed by atoms with E-state index in [-0.39, 0.29) is 0 Å². The van der Waals surface area contributed by atoms with E-state index in [1.165, 1.54) is 32.2 Å². The number of nitrogens with one attached hydrogen (secondary N) is 1. The van der Waals surface area contributed by atoms with E-state index >= 15 is 0 Å².